The predicted octanol–water partition coefficient (Wildman–Crippen LogP) is 5.01. The van der Waals surface area contributed by atoms with E-state index >= 15 is 0 Å². The fraction of sp³-hybridized carbons (Fsp3) is 0.500. The molecule has 1 N–H and O–H groups in total. The van der Waals surface area contributed by atoms with Gasteiger partial charge in [-0.15, -0.1) is 0 Å². The molecule has 2 amide bonds. The number of ether oxygens (including phenoxy) is 2. The van der Waals surface area contributed by atoms with E-state index in [1.165, 1.54) is 4.90 Å². The maximum atomic E-state index is 12.8. The minimum Gasteiger partial charge on any atom is -0.444 e. The molecule has 0 spiro atoms. The number of carbonyl (C=O) groups is 2. The van der Waals surface area contributed by atoms with Gasteiger partial charge in [-0.2, -0.15) is 5.10 Å². The summed E-state index contributed by atoms with van der Waals surface area (Å²) in [5, 5.41) is 8.80. The van der Waals surface area contributed by atoms with Crippen LogP contribution in [-0.2, 0) is 15.0 Å². The Kier molecular flexibility index (Phi) is 6.43. The van der Waals surface area contributed by atoms with Crippen molar-refractivity contribution < 1.29 is 19.1 Å². The Morgan fingerprint density at radius 3 is 2.62 bits per heavy atom. The van der Waals surface area contributed by atoms with E-state index in [4.69, 9.17) is 14.6 Å². The number of aromatic nitrogens is 3. The summed E-state index contributed by atoms with van der Waals surface area (Å²) in [5.74, 6) is -0.166. The second kappa shape index (κ2) is 9.45. The Hall–Kier alpha value is -3.46. The third kappa shape index (κ3) is 5.18. The number of rotatable bonds is 5. The van der Waals surface area contributed by atoms with Gasteiger partial charge in [0.05, 0.1) is 16.7 Å². The fourth-order valence-corrected chi connectivity index (χ4v) is 4.89. The van der Waals surface area contributed by atoms with Crippen molar-refractivity contribution in [2.75, 3.05) is 20.7 Å². The molecule has 1 unspecified atom stereocenters. The van der Waals surface area contributed by atoms with Gasteiger partial charge in [0, 0.05) is 37.8 Å². The second-order valence-electron chi connectivity index (χ2n) is 11.2. The first-order valence-electron chi connectivity index (χ1n) is 12.9. The molecule has 9 nitrogen and oxygen atoms in total. The molecule has 1 aliphatic heterocycles. The number of benzene rings is 1. The summed E-state index contributed by atoms with van der Waals surface area (Å²) in [7, 11) is 3.44. The molecule has 196 valence electrons. The number of nitrogens with zero attached hydrogens (tertiary/aromatic N) is 4. The maximum absolute atomic E-state index is 12.8. The third-order valence-corrected chi connectivity index (χ3v) is 6.81. The van der Waals surface area contributed by atoms with Crippen LogP contribution in [0.5, 0.6) is 0 Å². The lowest BCUT2D eigenvalue weighted by molar-refractivity contribution is -0.0385. The Morgan fingerprint density at radius 1 is 1.19 bits per heavy atom. The summed E-state index contributed by atoms with van der Waals surface area (Å²) in [6.45, 7) is 6.22. The summed E-state index contributed by atoms with van der Waals surface area (Å²) < 4.78 is 13.5. The average Bonchev–Trinajstić information content (AvgIpc) is 3.48. The van der Waals surface area contributed by atoms with Crippen molar-refractivity contribution in [1.82, 2.24) is 25.0 Å². The predicted molar refractivity (Wildman–Crippen MR) is 140 cm³/mol. The number of carbonyl (C=O) groups excluding carboxylic acids is 2. The highest BCUT2D eigenvalue weighted by Crippen LogP contribution is 2.49. The lowest BCUT2D eigenvalue weighted by Crippen LogP contribution is -2.39. The van der Waals surface area contributed by atoms with Crippen LogP contribution in [0.3, 0.4) is 0 Å². The normalized spacial score (nSPS) is 18.9. The van der Waals surface area contributed by atoms with Gasteiger partial charge in [0.15, 0.2) is 11.9 Å². The standard InChI is InChI=1S/C28H35N5O4/c1-27(2,3)37-26(35)30-28(11-12-28)20-15-18(16-21-19(20)9-8-13-29-21)23-17-22(25(34)32(4)5)31-33(23)24-10-6-7-14-36-24/h8-9,13,15-17,24H,6-7,10-12,14H2,1-5H3,(H,30,35). The molecule has 0 bridgehead atoms. The van der Waals surface area contributed by atoms with Crippen molar-refractivity contribution >= 4 is 22.9 Å². The average molecular weight is 506 g/mol. The molecule has 0 radical (unpaired) electrons. The van der Waals surface area contributed by atoms with Gasteiger partial charge in [-0.1, -0.05) is 6.07 Å². The molecule has 1 saturated heterocycles. The Balaban J connectivity index is 1.62. The molecule has 37 heavy (non-hydrogen) atoms. The summed E-state index contributed by atoms with van der Waals surface area (Å²) in [4.78, 5) is 31.8. The quantitative estimate of drug-likeness (QED) is 0.523. The molecule has 3 heterocycles. The van der Waals surface area contributed by atoms with Crippen LogP contribution in [0.1, 0.15) is 75.2 Å². The lowest BCUT2D eigenvalue weighted by Gasteiger charge is -2.26. The van der Waals surface area contributed by atoms with E-state index in [2.05, 4.69) is 16.4 Å². The van der Waals surface area contributed by atoms with E-state index in [0.717, 1.165) is 59.8 Å². The molecule has 9 heteroatoms. The van der Waals surface area contributed by atoms with Gasteiger partial charge in [-0.3, -0.25) is 9.78 Å². The van der Waals surface area contributed by atoms with Crippen molar-refractivity contribution in [2.45, 2.75) is 70.2 Å². The number of alkyl carbamates (subject to hydrolysis) is 1. The van der Waals surface area contributed by atoms with Crippen LogP contribution in [0.2, 0.25) is 0 Å². The molecule has 1 saturated carbocycles. The molecule has 5 rings (SSSR count). The summed E-state index contributed by atoms with van der Waals surface area (Å²) >= 11 is 0. The van der Waals surface area contributed by atoms with Crippen LogP contribution in [0.25, 0.3) is 22.2 Å². The smallest absolute Gasteiger partial charge is 0.408 e. The number of hydrogen-bond donors (Lipinski definition) is 1. The zero-order chi connectivity index (χ0) is 26.4. The van der Waals surface area contributed by atoms with E-state index in [-0.39, 0.29) is 12.1 Å². The van der Waals surface area contributed by atoms with Crippen LogP contribution in [-0.4, -0.2) is 58.0 Å². The lowest BCUT2D eigenvalue weighted by atomic mass is 9.95. The minimum absolute atomic E-state index is 0.166. The highest BCUT2D eigenvalue weighted by atomic mass is 16.6. The van der Waals surface area contributed by atoms with Gasteiger partial charge in [0.1, 0.15) is 5.60 Å². The Labute approximate surface area is 217 Å². The van der Waals surface area contributed by atoms with Crippen molar-refractivity contribution in [3.8, 4) is 11.3 Å². The molecule has 2 fully saturated rings. The van der Waals surface area contributed by atoms with Crippen LogP contribution in [0.15, 0.2) is 36.5 Å². The number of fused-ring (bicyclic) bond motifs is 1. The first kappa shape index (κ1) is 25.2. The topological polar surface area (TPSA) is 98.6 Å². The van der Waals surface area contributed by atoms with Crippen LogP contribution in [0, 0.1) is 0 Å². The highest BCUT2D eigenvalue weighted by molar-refractivity contribution is 5.94. The number of hydrogen-bond acceptors (Lipinski definition) is 6. The van der Waals surface area contributed by atoms with Crippen molar-refractivity contribution in [1.29, 1.82) is 0 Å². The molecule has 1 aliphatic carbocycles. The monoisotopic (exact) mass is 505 g/mol. The Morgan fingerprint density at radius 2 is 1.97 bits per heavy atom. The zero-order valence-corrected chi connectivity index (χ0v) is 22.2. The van der Waals surface area contributed by atoms with Crippen LogP contribution >= 0.6 is 0 Å². The van der Waals surface area contributed by atoms with E-state index < -0.39 is 17.2 Å². The molecule has 2 aliphatic rings. The van der Waals surface area contributed by atoms with Gasteiger partial charge >= 0.3 is 6.09 Å². The first-order chi connectivity index (χ1) is 17.6. The maximum Gasteiger partial charge on any atom is 0.408 e. The minimum atomic E-state index is -0.590. The molecule has 1 atom stereocenters. The van der Waals surface area contributed by atoms with Crippen molar-refractivity contribution in [3.05, 3.63) is 47.8 Å². The molecule has 1 aromatic carbocycles. The van der Waals surface area contributed by atoms with Crippen LogP contribution < -0.4 is 5.32 Å². The van der Waals surface area contributed by atoms with Gasteiger partial charge in [-0.05, 0) is 82.7 Å². The van der Waals surface area contributed by atoms with E-state index in [9.17, 15) is 9.59 Å². The van der Waals surface area contributed by atoms with Gasteiger partial charge < -0.3 is 19.7 Å². The van der Waals surface area contributed by atoms with Crippen molar-refractivity contribution in [3.63, 3.8) is 0 Å². The van der Waals surface area contributed by atoms with Gasteiger partial charge in [0.25, 0.3) is 5.91 Å². The summed E-state index contributed by atoms with van der Waals surface area (Å²) in [5.41, 5.74) is 2.70. The summed E-state index contributed by atoms with van der Waals surface area (Å²) in [6, 6.07) is 9.87. The number of nitrogens with one attached hydrogen (secondary N) is 1. The second-order valence-corrected chi connectivity index (χ2v) is 11.2. The van der Waals surface area contributed by atoms with Crippen LogP contribution in [0.4, 0.5) is 4.79 Å². The number of pyridine rings is 1. The molecule has 3 aromatic rings. The fourth-order valence-electron chi connectivity index (χ4n) is 4.89. The first-order valence-corrected chi connectivity index (χ1v) is 12.9. The molecular weight excluding hydrogens is 470 g/mol. The van der Waals surface area contributed by atoms with E-state index in [1.807, 2.05) is 49.7 Å². The summed E-state index contributed by atoms with van der Waals surface area (Å²) in [6.07, 6.45) is 5.56. The SMILES string of the molecule is CN(C)C(=O)c1cc(-c2cc(C3(NC(=O)OC(C)(C)C)CC3)c3cccnc3c2)n(C2CCCCO2)n1. The highest BCUT2D eigenvalue weighted by Gasteiger charge is 2.48. The molecular formula is C28H35N5O4. The van der Waals surface area contributed by atoms with E-state index in [1.54, 1.807) is 20.3 Å². The van der Waals surface area contributed by atoms with E-state index in [0.29, 0.717) is 12.3 Å². The zero-order valence-electron chi connectivity index (χ0n) is 22.2. The van der Waals surface area contributed by atoms with Gasteiger partial charge in [-0.25, -0.2) is 9.48 Å². The third-order valence-electron chi connectivity index (χ3n) is 6.81. The largest absolute Gasteiger partial charge is 0.444 e. The van der Waals surface area contributed by atoms with Gasteiger partial charge in [0.2, 0.25) is 0 Å². The number of amides is 2. The Bertz CT molecular complexity index is 1330. The molecule has 2 aromatic heterocycles. The van der Waals surface area contributed by atoms with Crippen molar-refractivity contribution in [2.24, 2.45) is 0 Å².